The van der Waals surface area contributed by atoms with E-state index < -0.39 is 0 Å². The highest BCUT2D eigenvalue weighted by molar-refractivity contribution is 6.69. The van der Waals surface area contributed by atoms with E-state index in [0.717, 1.165) is 66.0 Å². The fourth-order valence-electron chi connectivity index (χ4n) is 7.77. The molecule has 3 heterocycles. The predicted octanol–water partition coefficient (Wildman–Crippen LogP) is 5.51. The van der Waals surface area contributed by atoms with Gasteiger partial charge in [-0.3, -0.25) is 4.57 Å². The average molecular weight is 690 g/mol. The SMILES string of the molecule is [B]c1c([B])c([B])c(-c2cccc3c2c2ccccc2n3-c2nc(-c3ccccc3)nc(-c3cccc4c3oc3cccc(-c5ccccc5)c34)n2)c([B])c1[B]. The van der Waals surface area contributed by atoms with Crippen LogP contribution in [0, 0.1) is 0 Å². The summed E-state index contributed by atoms with van der Waals surface area (Å²) in [6.07, 6.45) is 0. The summed E-state index contributed by atoms with van der Waals surface area (Å²) < 4.78 is 8.71. The third-order valence-electron chi connectivity index (χ3n) is 10.4. The molecule has 0 N–H and O–H groups in total. The maximum Gasteiger partial charge on any atom is 0.238 e. The van der Waals surface area contributed by atoms with Crippen molar-refractivity contribution in [2.24, 2.45) is 0 Å². The second-order valence-electron chi connectivity index (χ2n) is 13.5. The molecule has 10 radical (unpaired) electrons. The molecule has 10 heteroatoms. The molecule has 0 bridgehead atoms. The second kappa shape index (κ2) is 12.8. The van der Waals surface area contributed by atoms with Crippen molar-refractivity contribution < 1.29 is 4.42 Å². The van der Waals surface area contributed by atoms with Gasteiger partial charge in [-0.05, 0) is 46.5 Å². The normalized spacial score (nSPS) is 11.6. The smallest absolute Gasteiger partial charge is 0.238 e. The molecule has 0 aliphatic rings. The van der Waals surface area contributed by atoms with E-state index in [1.54, 1.807) is 0 Å². The Hall–Kier alpha value is -6.53. The summed E-state index contributed by atoms with van der Waals surface area (Å²) >= 11 is 0. The van der Waals surface area contributed by atoms with Crippen LogP contribution in [0.3, 0.4) is 0 Å². The molecule has 0 amide bonds. The number of aromatic nitrogens is 4. The van der Waals surface area contributed by atoms with Crippen LogP contribution in [0.1, 0.15) is 0 Å². The van der Waals surface area contributed by atoms with E-state index in [4.69, 9.17) is 58.6 Å². The first kappa shape index (κ1) is 33.1. The number of benzene rings is 7. The van der Waals surface area contributed by atoms with Crippen molar-refractivity contribution in [3.63, 3.8) is 0 Å². The Labute approximate surface area is 323 Å². The first-order chi connectivity index (χ1) is 26.9. The summed E-state index contributed by atoms with van der Waals surface area (Å²) in [5.41, 5.74) is 9.24. The Kier molecular flexibility index (Phi) is 7.70. The summed E-state index contributed by atoms with van der Waals surface area (Å²) in [6.45, 7) is 0. The van der Waals surface area contributed by atoms with Gasteiger partial charge >= 0.3 is 0 Å². The van der Waals surface area contributed by atoms with E-state index in [9.17, 15) is 0 Å². The van der Waals surface area contributed by atoms with Gasteiger partial charge in [0, 0.05) is 27.1 Å². The topological polar surface area (TPSA) is 56.7 Å². The third kappa shape index (κ3) is 5.12. The zero-order chi connectivity index (χ0) is 37.4. The lowest BCUT2D eigenvalue weighted by Gasteiger charge is -2.22. The molecule has 10 rings (SSSR count). The van der Waals surface area contributed by atoms with Gasteiger partial charge in [-0.2, -0.15) is 9.97 Å². The summed E-state index contributed by atoms with van der Waals surface area (Å²) in [4.78, 5) is 15.4. The highest BCUT2D eigenvalue weighted by Crippen LogP contribution is 2.41. The lowest BCUT2D eigenvalue weighted by Crippen LogP contribution is -2.55. The predicted molar refractivity (Wildman–Crippen MR) is 230 cm³/mol. The van der Waals surface area contributed by atoms with Gasteiger partial charge in [-0.25, -0.2) is 4.98 Å². The Morgan fingerprint density at radius 1 is 0.418 bits per heavy atom. The molecule has 0 fully saturated rings. The zero-order valence-corrected chi connectivity index (χ0v) is 29.4. The number of fused-ring (bicyclic) bond motifs is 6. The van der Waals surface area contributed by atoms with Crippen LogP contribution in [-0.4, -0.2) is 58.8 Å². The first-order valence-electron chi connectivity index (χ1n) is 17.7. The second-order valence-corrected chi connectivity index (χ2v) is 13.5. The molecule has 10 aromatic rings. The highest BCUT2D eigenvalue weighted by Gasteiger charge is 2.23. The minimum Gasteiger partial charge on any atom is -0.455 e. The zero-order valence-electron chi connectivity index (χ0n) is 29.4. The fraction of sp³-hybridized carbons (Fsp3) is 0. The fourth-order valence-corrected chi connectivity index (χ4v) is 7.77. The van der Waals surface area contributed by atoms with Gasteiger partial charge in [0.1, 0.15) is 50.4 Å². The van der Waals surface area contributed by atoms with Crippen molar-refractivity contribution in [1.29, 1.82) is 0 Å². The van der Waals surface area contributed by atoms with Gasteiger partial charge in [-0.15, -0.1) is 16.4 Å². The molecule has 55 heavy (non-hydrogen) atoms. The minimum atomic E-state index is 0.162. The van der Waals surface area contributed by atoms with E-state index >= 15 is 0 Å². The highest BCUT2D eigenvalue weighted by atomic mass is 16.3. The number of nitrogens with zero attached hydrogens (tertiary/aromatic N) is 4. The van der Waals surface area contributed by atoms with Crippen molar-refractivity contribution >= 4 is 110 Å². The van der Waals surface area contributed by atoms with Crippen LogP contribution in [0.15, 0.2) is 144 Å². The molecule has 0 saturated carbocycles. The molecular weight excluding hydrogens is 667 g/mol. The van der Waals surface area contributed by atoms with Crippen molar-refractivity contribution in [2.45, 2.75) is 0 Å². The number of rotatable bonds is 5. The summed E-state index contributed by atoms with van der Waals surface area (Å²) in [7, 11) is 32.2. The van der Waals surface area contributed by atoms with E-state index in [1.165, 1.54) is 0 Å². The molecule has 0 saturated heterocycles. The number of hydrogen-bond donors (Lipinski definition) is 0. The van der Waals surface area contributed by atoms with Gasteiger partial charge in [-0.1, -0.05) is 126 Å². The molecule has 0 spiro atoms. The summed E-state index contributed by atoms with van der Waals surface area (Å²) in [6, 6.07) is 46.4. The first-order valence-corrected chi connectivity index (χ1v) is 17.7. The van der Waals surface area contributed by atoms with Crippen molar-refractivity contribution in [1.82, 2.24) is 19.5 Å². The van der Waals surface area contributed by atoms with Crippen LogP contribution in [0.5, 0.6) is 0 Å². The Balaban J connectivity index is 1.27. The standard InChI is InChI=1S/C45H23B5N4O/c46-37-36(38(47)40(49)41(50)39(37)48)28-18-10-22-32-34(28)27-16-7-8-21-31(27)54(32)45-52-43(25-14-5-2-6-15-25)51-44(53-45)30-20-9-19-29-35-26(24-12-3-1-4-13-24)17-11-23-33(35)55-42(29)30/h1-23H. The monoisotopic (exact) mass is 690 g/mol. The molecule has 0 aliphatic carbocycles. The molecule has 0 aliphatic heterocycles. The van der Waals surface area contributed by atoms with Crippen LogP contribution in [0.25, 0.3) is 94.7 Å². The van der Waals surface area contributed by atoms with Crippen LogP contribution in [0.4, 0.5) is 0 Å². The van der Waals surface area contributed by atoms with Crippen LogP contribution >= 0.6 is 0 Å². The number of para-hydroxylation sites is 2. The Morgan fingerprint density at radius 3 is 1.75 bits per heavy atom. The Bertz CT molecular complexity index is 3130. The van der Waals surface area contributed by atoms with Crippen LogP contribution in [-0.2, 0) is 0 Å². The van der Waals surface area contributed by atoms with Crippen LogP contribution in [0.2, 0.25) is 0 Å². The molecule has 7 aromatic carbocycles. The maximum absolute atomic E-state index is 6.67. The average Bonchev–Trinajstić information content (AvgIpc) is 3.79. The van der Waals surface area contributed by atoms with E-state index in [-0.39, 0.29) is 27.3 Å². The summed E-state index contributed by atoms with van der Waals surface area (Å²) in [5, 5.41) is 3.79. The maximum atomic E-state index is 6.67. The third-order valence-corrected chi connectivity index (χ3v) is 10.4. The quantitative estimate of drug-likeness (QED) is 0.224. The lowest BCUT2D eigenvalue weighted by molar-refractivity contribution is 0.669. The van der Waals surface area contributed by atoms with E-state index in [1.807, 2.05) is 120 Å². The van der Waals surface area contributed by atoms with Crippen molar-refractivity contribution in [2.75, 3.05) is 0 Å². The largest absolute Gasteiger partial charge is 0.455 e. The van der Waals surface area contributed by atoms with E-state index in [2.05, 4.69) is 24.3 Å². The van der Waals surface area contributed by atoms with Gasteiger partial charge in [0.2, 0.25) is 5.95 Å². The molecule has 0 unspecified atom stereocenters. The van der Waals surface area contributed by atoms with Gasteiger partial charge in [0.05, 0.1) is 16.6 Å². The minimum absolute atomic E-state index is 0.162. The van der Waals surface area contributed by atoms with Gasteiger partial charge in [0.25, 0.3) is 0 Å². The molecule has 244 valence electrons. The van der Waals surface area contributed by atoms with E-state index in [0.29, 0.717) is 28.7 Å². The van der Waals surface area contributed by atoms with Gasteiger partial charge < -0.3 is 4.42 Å². The molecule has 0 atom stereocenters. The lowest BCUT2D eigenvalue weighted by atomic mass is 9.59. The number of hydrogen-bond acceptors (Lipinski definition) is 4. The van der Waals surface area contributed by atoms with Crippen molar-refractivity contribution in [3.8, 4) is 51.0 Å². The van der Waals surface area contributed by atoms with Gasteiger partial charge in [0.15, 0.2) is 11.6 Å². The van der Waals surface area contributed by atoms with Crippen LogP contribution < -0.4 is 27.3 Å². The Morgan fingerprint density at radius 2 is 0.982 bits per heavy atom. The molecular formula is C45H23B5N4O. The molecule has 3 aromatic heterocycles. The number of furan rings is 1. The summed E-state index contributed by atoms with van der Waals surface area (Å²) in [5.74, 6) is 1.39. The molecule has 5 nitrogen and oxygen atoms in total. The van der Waals surface area contributed by atoms with Crippen molar-refractivity contribution in [3.05, 3.63) is 140 Å².